The molecule has 0 aliphatic carbocycles. The molecule has 0 aromatic carbocycles. The number of hydrogen-bond acceptors (Lipinski definition) is 3. The molecule has 0 saturated carbocycles. The van der Waals surface area contributed by atoms with Crippen LogP contribution in [0, 0.1) is 0 Å². The predicted molar refractivity (Wildman–Crippen MR) is 50.1 cm³/mol. The molecular weight excluding hydrogens is 182 g/mol. The van der Waals surface area contributed by atoms with Crippen molar-refractivity contribution < 1.29 is 14.4 Å². The van der Waals surface area contributed by atoms with E-state index in [0.29, 0.717) is 25.8 Å². The molecule has 1 radical (unpaired) electrons. The van der Waals surface area contributed by atoms with Crippen LogP contribution in [0.15, 0.2) is 0 Å². The van der Waals surface area contributed by atoms with E-state index < -0.39 is 0 Å². The van der Waals surface area contributed by atoms with Gasteiger partial charge in [-0.2, -0.15) is 0 Å². The monoisotopic (exact) mass is 196 g/mol. The van der Waals surface area contributed by atoms with E-state index in [1.807, 2.05) is 6.29 Å². The van der Waals surface area contributed by atoms with Crippen LogP contribution in [0.5, 0.6) is 0 Å². The van der Waals surface area contributed by atoms with Crippen LogP contribution in [-0.4, -0.2) is 29.5 Å². The SMILES string of the molecule is O=[C]CCCCCN1C(=O)CCC1=O. The third kappa shape index (κ3) is 2.94. The molecule has 0 atom stereocenters. The second-order valence-electron chi connectivity index (χ2n) is 3.39. The number of carbonyl (C=O) groups excluding carboxylic acids is 3. The summed E-state index contributed by atoms with van der Waals surface area (Å²) in [6.45, 7) is 0.510. The van der Waals surface area contributed by atoms with Crippen LogP contribution in [0.1, 0.15) is 38.5 Å². The number of rotatable bonds is 6. The first-order valence-corrected chi connectivity index (χ1v) is 4.94. The highest BCUT2D eigenvalue weighted by atomic mass is 16.2. The van der Waals surface area contributed by atoms with Gasteiger partial charge in [0.2, 0.25) is 11.8 Å². The van der Waals surface area contributed by atoms with Crippen molar-refractivity contribution in [2.45, 2.75) is 38.5 Å². The zero-order valence-electron chi connectivity index (χ0n) is 8.12. The Hall–Kier alpha value is -1.19. The molecule has 0 unspecified atom stereocenters. The highest BCUT2D eigenvalue weighted by molar-refractivity contribution is 6.01. The lowest BCUT2D eigenvalue weighted by atomic mass is 10.2. The minimum absolute atomic E-state index is 0.0584. The van der Waals surface area contributed by atoms with Crippen molar-refractivity contribution in [2.75, 3.05) is 6.54 Å². The fourth-order valence-electron chi connectivity index (χ4n) is 1.52. The summed E-state index contributed by atoms with van der Waals surface area (Å²) >= 11 is 0. The third-order valence-electron chi connectivity index (χ3n) is 2.32. The van der Waals surface area contributed by atoms with Crippen LogP contribution in [0.25, 0.3) is 0 Å². The Kier molecular flexibility index (Phi) is 4.29. The van der Waals surface area contributed by atoms with Gasteiger partial charge in [-0.05, 0) is 12.8 Å². The molecule has 1 rings (SSSR count). The van der Waals surface area contributed by atoms with Crippen LogP contribution in [0.3, 0.4) is 0 Å². The summed E-state index contributed by atoms with van der Waals surface area (Å²) in [4.78, 5) is 33.5. The summed E-state index contributed by atoms with van der Waals surface area (Å²) < 4.78 is 0. The molecular formula is C10H14NO3. The van der Waals surface area contributed by atoms with E-state index in [4.69, 9.17) is 0 Å². The Labute approximate surface area is 83.3 Å². The first-order chi connectivity index (χ1) is 6.75. The quantitative estimate of drug-likeness (QED) is 0.466. The van der Waals surface area contributed by atoms with Gasteiger partial charge in [-0.3, -0.25) is 19.3 Å². The first kappa shape index (κ1) is 10.9. The van der Waals surface area contributed by atoms with Crippen LogP contribution >= 0.6 is 0 Å². The molecule has 4 heteroatoms. The molecule has 2 amide bonds. The van der Waals surface area contributed by atoms with E-state index in [-0.39, 0.29) is 11.8 Å². The van der Waals surface area contributed by atoms with E-state index >= 15 is 0 Å². The summed E-state index contributed by atoms with van der Waals surface area (Å²) in [5.41, 5.74) is 0. The molecule has 0 aromatic heterocycles. The van der Waals surface area contributed by atoms with Gasteiger partial charge in [0, 0.05) is 25.8 Å². The maximum absolute atomic E-state index is 11.1. The van der Waals surface area contributed by atoms with E-state index in [2.05, 4.69) is 0 Å². The van der Waals surface area contributed by atoms with E-state index in [1.54, 1.807) is 0 Å². The van der Waals surface area contributed by atoms with Crippen molar-refractivity contribution >= 4 is 18.1 Å². The largest absolute Gasteiger partial charge is 0.291 e. The second-order valence-corrected chi connectivity index (χ2v) is 3.39. The van der Waals surface area contributed by atoms with Gasteiger partial charge >= 0.3 is 0 Å². The van der Waals surface area contributed by atoms with Crippen LogP contribution < -0.4 is 0 Å². The van der Waals surface area contributed by atoms with Gasteiger partial charge < -0.3 is 0 Å². The highest BCUT2D eigenvalue weighted by Gasteiger charge is 2.27. The minimum Gasteiger partial charge on any atom is -0.291 e. The zero-order chi connectivity index (χ0) is 10.4. The Bertz CT molecular complexity index is 222. The number of likely N-dealkylation sites (tertiary alicyclic amines) is 1. The Morgan fingerprint density at radius 3 is 2.29 bits per heavy atom. The van der Waals surface area contributed by atoms with Gasteiger partial charge in [0.1, 0.15) is 0 Å². The van der Waals surface area contributed by atoms with Gasteiger partial charge in [0.15, 0.2) is 6.29 Å². The molecule has 1 saturated heterocycles. The molecule has 0 bridgehead atoms. The van der Waals surface area contributed by atoms with Gasteiger partial charge in [-0.15, -0.1) is 0 Å². The molecule has 0 spiro atoms. The topological polar surface area (TPSA) is 54.5 Å². The van der Waals surface area contributed by atoms with Crippen molar-refractivity contribution in [2.24, 2.45) is 0 Å². The second kappa shape index (κ2) is 5.52. The standard InChI is InChI=1S/C10H14NO3/c12-8-4-2-1-3-7-11-9(13)5-6-10(11)14/h1-7H2. The van der Waals surface area contributed by atoms with Gasteiger partial charge in [0.25, 0.3) is 0 Å². The van der Waals surface area contributed by atoms with Crippen molar-refractivity contribution in [1.82, 2.24) is 4.90 Å². The fraction of sp³-hybridized carbons (Fsp3) is 0.700. The molecule has 1 aliphatic rings. The number of hydrogen-bond donors (Lipinski definition) is 0. The van der Waals surface area contributed by atoms with Gasteiger partial charge in [-0.25, -0.2) is 0 Å². The van der Waals surface area contributed by atoms with Crippen LogP contribution in [0.4, 0.5) is 0 Å². The fourth-order valence-corrected chi connectivity index (χ4v) is 1.52. The lowest BCUT2D eigenvalue weighted by molar-refractivity contribution is -0.138. The Morgan fingerprint density at radius 2 is 1.71 bits per heavy atom. The van der Waals surface area contributed by atoms with Crippen LogP contribution in [-0.2, 0) is 14.4 Å². The molecule has 1 heterocycles. The van der Waals surface area contributed by atoms with E-state index in [0.717, 1.165) is 19.3 Å². The summed E-state index contributed by atoms with van der Waals surface area (Å²) in [5.74, 6) is -0.117. The molecule has 14 heavy (non-hydrogen) atoms. The predicted octanol–water partition coefficient (Wildman–Crippen LogP) is 0.805. The normalized spacial score (nSPS) is 16.4. The highest BCUT2D eigenvalue weighted by Crippen LogP contribution is 2.12. The number of amides is 2. The lowest BCUT2D eigenvalue weighted by Gasteiger charge is -2.12. The summed E-state index contributed by atoms with van der Waals surface area (Å²) in [5, 5.41) is 0. The maximum Gasteiger partial charge on any atom is 0.229 e. The zero-order valence-corrected chi connectivity index (χ0v) is 8.12. The van der Waals surface area contributed by atoms with E-state index in [1.165, 1.54) is 4.90 Å². The smallest absolute Gasteiger partial charge is 0.229 e. The number of nitrogens with zero attached hydrogens (tertiary/aromatic N) is 1. The van der Waals surface area contributed by atoms with Crippen molar-refractivity contribution in [3.8, 4) is 0 Å². The third-order valence-corrected chi connectivity index (χ3v) is 2.32. The molecule has 77 valence electrons. The molecule has 1 aliphatic heterocycles. The molecule has 1 fully saturated rings. The van der Waals surface area contributed by atoms with E-state index in [9.17, 15) is 14.4 Å². The summed E-state index contributed by atoms with van der Waals surface area (Å²) in [7, 11) is 0. The lowest BCUT2D eigenvalue weighted by Crippen LogP contribution is -2.29. The molecule has 0 N–H and O–H groups in total. The average molecular weight is 196 g/mol. The van der Waals surface area contributed by atoms with Crippen LogP contribution in [0.2, 0.25) is 0 Å². The summed E-state index contributed by atoms with van der Waals surface area (Å²) in [6, 6.07) is 0. The average Bonchev–Trinajstić information content (AvgIpc) is 2.48. The Balaban J connectivity index is 2.14. The van der Waals surface area contributed by atoms with Crippen molar-refractivity contribution in [3.63, 3.8) is 0 Å². The number of carbonyl (C=O) groups is 2. The van der Waals surface area contributed by atoms with Crippen molar-refractivity contribution in [1.29, 1.82) is 0 Å². The maximum atomic E-state index is 11.1. The first-order valence-electron chi connectivity index (χ1n) is 4.94. The summed E-state index contributed by atoms with van der Waals surface area (Å²) in [6.07, 6.45) is 5.44. The van der Waals surface area contributed by atoms with Gasteiger partial charge in [-0.1, -0.05) is 6.42 Å². The molecule has 0 aromatic rings. The van der Waals surface area contributed by atoms with Crippen molar-refractivity contribution in [3.05, 3.63) is 0 Å². The number of imide groups is 1. The molecule has 4 nitrogen and oxygen atoms in total. The minimum atomic E-state index is -0.0584. The number of unbranched alkanes of at least 4 members (excludes halogenated alkanes) is 3. The van der Waals surface area contributed by atoms with Gasteiger partial charge in [0.05, 0.1) is 0 Å². The Morgan fingerprint density at radius 1 is 1.07 bits per heavy atom.